The Bertz CT molecular complexity index is 1030. The van der Waals surface area contributed by atoms with Gasteiger partial charge in [-0.3, -0.25) is 14.5 Å². The van der Waals surface area contributed by atoms with Gasteiger partial charge < -0.3 is 19.7 Å². The highest BCUT2D eigenvalue weighted by Gasteiger charge is 2.50. The molecule has 0 saturated carbocycles. The fraction of sp³-hybridized carbons (Fsp3) is 0.348. The Morgan fingerprint density at radius 1 is 1.13 bits per heavy atom. The van der Waals surface area contributed by atoms with Crippen molar-refractivity contribution in [3.8, 4) is 11.5 Å². The predicted octanol–water partition coefficient (Wildman–Crippen LogP) is 2.44. The molecule has 0 aromatic heterocycles. The molecule has 0 radical (unpaired) electrons. The van der Waals surface area contributed by atoms with E-state index in [0.717, 1.165) is 10.5 Å². The summed E-state index contributed by atoms with van der Waals surface area (Å²) in [5, 5.41) is 2.73. The van der Waals surface area contributed by atoms with E-state index in [0.29, 0.717) is 30.3 Å². The number of hydrogen-bond donors (Lipinski definition) is 1. The van der Waals surface area contributed by atoms with Gasteiger partial charge in [-0.1, -0.05) is 36.4 Å². The van der Waals surface area contributed by atoms with Crippen LogP contribution in [0.3, 0.4) is 0 Å². The second kappa shape index (κ2) is 7.94. The molecule has 2 heterocycles. The number of nitrogens with zero attached hydrogens (tertiary/aromatic N) is 2. The molecule has 162 valence electrons. The molecule has 4 amide bonds. The summed E-state index contributed by atoms with van der Waals surface area (Å²) in [6, 6.07) is 13.9. The lowest BCUT2D eigenvalue weighted by Crippen LogP contribution is -2.44. The molecule has 1 saturated heterocycles. The first kappa shape index (κ1) is 20.7. The third-order valence-electron chi connectivity index (χ3n) is 5.94. The van der Waals surface area contributed by atoms with Gasteiger partial charge in [0.15, 0.2) is 11.5 Å². The molecule has 0 unspecified atom stereocenters. The van der Waals surface area contributed by atoms with Crippen molar-refractivity contribution in [1.29, 1.82) is 0 Å². The summed E-state index contributed by atoms with van der Waals surface area (Å²) in [6.07, 6.45) is 0. The van der Waals surface area contributed by atoms with E-state index in [1.165, 1.54) is 4.90 Å². The molecule has 31 heavy (non-hydrogen) atoms. The van der Waals surface area contributed by atoms with Gasteiger partial charge in [0.25, 0.3) is 5.91 Å². The molecule has 8 heteroatoms. The first-order valence-electron chi connectivity index (χ1n) is 10.2. The Labute approximate surface area is 180 Å². The summed E-state index contributed by atoms with van der Waals surface area (Å²) in [5.74, 6) is 0.312. The minimum absolute atomic E-state index is 0.196. The normalized spacial score (nSPS) is 20.9. The maximum Gasteiger partial charge on any atom is 0.325 e. The Balaban J connectivity index is 1.51. The zero-order valence-electron chi connectivity index (χ0n) is 17.8. The molecule has 2 aromatic carbocycles. The van der Waals surface area contributed by atoms with Gasteiger partial charge in [0.05, 0.1) is 6.04 Å². The van der Waals surface area contributed by atoms with E-state index < -0.39 is 17.5 Å². The molecule has 2 aromatic rings. The molecule has 4 rings (SSSR count). The average Bonchev–Trinajstić information content (AvgIpc) is 3.02. The van der Waals surface area contributed by atoms with Crippen molar-refractivity contribution in [3.63, 3.8) is 0 Å². The summed E-state index contributed by atoms with van der Waals surface area (Å²) < 4.78 is 11.1. The number of likely N-dealkylation sites (N-methyl/N-ethyl adjacent to an activating group) is 1. The summed E-state index contributed by atoms with van der Waals surface area (Å²) in [4.78, 5) is 41.2. The predicted molar refractivity (Wildman–Crippen MR) is 113 cm³/mol. The van der Waals surface area contributed by atoms with Gasteiger partial charge in [-0.15, -0.1) is 0 Å². The van der Waals surface area contributed by atoms with Crippen LogP contribution in [0.15, 0.2) is 48.5 Å². The second-order valence-corrected chi connectivity index (χ2v) is 7.90. The van der Waals surface area contributed by atoms with Crippen molar-refractivity contribution in [2.24, 2.45) is 0 Å². The summed E-state index contributed by atoms with van der Waals surface area (Å²) in [5.41, 5.74) is 0.240. The van der Waals surface area contributed by atoms with E-state index in [4.69, 9.17) is 9.47 Å². The van der Waals surface area contributed by atoms with E-state index >= 15 is 0 Å². The molecule has 1 N–H and O–H groups in total. The maximum atomic E-state index is 13.2. The Morgan fingerprint density at radius 3 is 2.52 bits per heavy atom. The standard InChI is InChI=1S/C23H25N3O5/c1-15(16-7-5-4-6-8-16)25(3)20(27)14-26-21(28)23(2,24-22(26)29)17-9-10-18-19(13-17)31-12-11-30-18/h4-10,13,15H,11-12,14H2,1-3H3,(H,24,29)/t15-,23-/m1/s1. The molecule has 8 nitrogen and oxygen atoms in total. The van der Waals surface area contributed by atoms with Gasteiger partial charge in [-0.2, -0.15) is 0 Å². The van der Waals surface area contributed by atoms with Crippen LogP contribution in [0.25, 0.3) is 0 Å². The molecule has 2 aliphatic rings. The number of hydrogen-bond acceptors (Lipinski definition) is 5. The molecule has 0 spiro atoms. The quantitative estimate of drug-likeness (QED) is 0.747. The van der Waals surface area contributed by atoms with Crippen molar-refractivity contribution in [2.45, 2.75) is 25.4 Å². The fourth-order valence-electron chi connectivity index (χ4n) is 3.81. The smallest absolute Gasteiger partial charge is 0.325 e. The van der Waals surface area contributed by atoms with E-state index in [1.807, 2.05) is 37.3 Å². The van der Waals surface area contributed by atoms with Crippen LogP contribution in [0.2, 0.25) is 0 Å². The molecule has 1 fully saturated rings. The molecular weight excluding hydrogens is 398 g/mol. The van der Waals surface area contributed by atoms with Crippen LogP contribution >= 0.6 is 0 Å². The molecule has 0 aliphatic carbocycles. The third-order valence-corrected chi connectivity index (χ3v) is 5.94. The highest BCUT2D eigenvalue weighted by atomic mass is 16.6. The van der Waals surface area contributed by atoms with Crippen molar-refractivity contribution in [2.75, 3.05) is 26.8 Å². The Hall–Kier alpha value is -3.55. The zero-order valence-corrected chi connectivity index (χ0v) is 17.8. The maximum absolute atomic E-state index is 13.2. The first-order chi connectivity index (χ1) is 14.8. The lowest BCUT2D eigenvalue weighted by atomic mass is 9.91. The second-order valence-electron chi connectivity index (χ2n) is 7.90. The highest BCUT2D eigenvalue weighted by Crippen LogP contribution is 2.36. The Kier molecular flexibility index (Phi) is 5.31. The Morgan fingerprint density at radius 2 is 1.81 bits per heavy atom. The number of carbonyl (C=O) groups excluding carboxylic acids is 3. The highest BCUT2D eigenvalue weighted by molar-refractivity contribution is 6.09. The lowest BCUT2D eigenvalue weighted by Gasteiger charge is -2.27. The SMILES string of the molecule is C[C@H](c1ccccc1)N(C)C(=O)CN1C(=O)N[C@](C)(c2ccc3c(c2)OCCO3)C1=O. The topological polar surface area (TPSA) is 88.2 Å². The van der Waals surface area contributed by atoms with Gasteiger partial charge in [-0.25, -0.2) is 4.79 Å². The first-order valence-corrected chi connectivity index (χ1v) is 10.2. The van der Waals surface area contributed by atoms with Crippen LogP contribution in [0, 0.1) is 0 Å². The van der Waals surface area contributed by atoms with Gasteiger partial charge in [0.1, 0.15) is 25.3 Å². The van der Waals surface area contributed by atoms with Crippen molar-refractivity contribution in [3.05, 3.63) is 59.7 Å². The van der Waals surface area contributed by atoms with Crippen LogP contribution < -0.4 is 14.8 Å². The number of fused-ring (bicyclic) bond motifs is 1. The number of imide groups is 1. The van der Waals surface area contributed by atoms with Gasteiger partial charge in [0.2, 0.25) is 5.91 Å². The van der Waals surface area contributed by atoms with E-state index in [1.54, 1.807) is 32.2 Å². The molecular formula is C23H25N3O5. The lowest BCUT2D eigenvalue weighted by molar-refractivity contribution is -0.139. The van der Waals surface area contributed by atoms with Crippen molar-refractivity contribution < 1.29 is 23.9 Å². The zero-order chi connectivity index (χ0) is 22.2. The van der Waals surface area contributed by atoms with E-state index in [2.05, 4.69) is 5.32 Å². The molecule has 2 atom stereocenters. The van der Waals surface area contributed by atoms with Gasteiger partial charge in [-0.05, 0) is 37.1 Å². The number of urea groups is 1. The van der Waals surface area contributed by atoms with Crippen LogP contribution in [-0.2, 0) is 15.1 Å². The number of carbonyl (C=O) groups is 3. The van der Waals surface area contributed by atoms with Crippen LogP contribution in [0.5, 0.6) is 11.5 Å². The van der Waals surface area contributed by atoms with Gasteiger partial charge >= 0.3 is 6.03 Å². The average molecular weight is 423 g/mol. The van der Waals surface area contributed by atoms with Crippen LogP contribution in [-0.4, -0.2) is 54.5 Å². The third kappa shape index (κ3) is 3.69. The minimum atomic E-state index is -1.29. The molecule has 0 bridgehead atoms. The van der Waals surface area contributed by atoms with Crippen molar-refractivity contribution in [1.82, 2.24) is 15.1 Å². The number of nitrogens with one attached hydrogen (secondary N) is 1. The summed E-state index contributed by atoms with van der Waals surface area (Å²) in [7, 11) is 1.67. The number of benzene rings is 2. The number of amides is 4. The largest absolute Gasteiger partial charge is 0.486 e. The summed E-state index contributed by atoms with van der Waals surface area (Å²) >= 11 is 0. The van der Waals surface area contributed by atoms with E-state index in [9.17, 15) is 14.4 Å². The minimum Gasteiger partial charge on any atom is -0.486 e. The van der Waals surface area contributed by atoms with Crippen LogP contribution in [0.4, 0.5) is 4.79 Å². The number of ether oxygens (including phenoxy) is 2. The molecule has 2 aliphatic heterocycles. The van der Waals surface area contributed by atoms with E-state index in [-0.39, 0.29) is 18.5 Å². The van der Waals surface area contributed by atoms with Crippen LogP contribution in [0.1, 0.15) is 31.0 Å². The fourth-order valence-corrected chi connectivity index (χ4v) is 3.81. The van der Waals surface area contributed by atoms with Crippen molar-refractivity contribution >= 4 is 17.8 Å². The monoisotopic (exact) mass is 423 g/mol. The van der Waals surface area contributed by atoms with Gasteiger partial charge in [0, 0.05) is 7.05 Å². The number of rotatable bonds is 5. The summed E-state index contributed by atoms with van der Waals surface area (Å²) in [6.45, 7) is 4.07.